The Hall–Kier alpha value is -1.36. The summed E-state index contributed by atoms with van der Waals surface area (Å²) in [4.78, 5) is 23.5. The van der Waals surface area contributed by atoms with Gasteiger partial charge in [0.05, 0.1) is 5.56 Å². The zero-order chi connectivity index (χ0) is 13.5. The fraction of sp³-hybridized carbons (Fsp3) is 0.385. The van der Waals surface area contributed by atoms with Crippen molar-refractivity contribution in [1.29, 1.82) is 0 Å². The minimum absolute atomic E-state index is 0.169. The molecular weight excluding hydrogens is 296 g/mol. The predicted molar refractivity (Wildman–Crippen MR) is 74.4 cm³/mol. The monoisotopic (exact) mass is 312 g/mol. The minimum atomic E-state index is -0.545. The van der Waals surface area contributed by atoms with E-state index in [0.29, 0.717) is 16.6 Å². The topological polar surface area (TPSA) is 58.2 Å². The summed E-state index contributed by atoms with van der Waals surface area (Å²) in [5.41, 5.74) is 0.521. The summed E-state index contributed by atoms with van der Waals surface area (Å²) in [6.45, 7) is 4.26. The number of benzene rings is 1. The molecule has 0 fully saturated rings. The molecular formula is C13H17BrN2O2. The van der Waals surface area contributed by atoms with E-state index in [1.54, 1.807) is 25.1 Å². The largest absolute Gasteiger partial charge is 0.354 e. The van der Waals surface area contributed by atoms with Crippen LogP contribution in [-0.2, 0) is 4.79 Å². The Morgan fingerprint density at radius 2 is 2.00 bits per heavy atom. The molecule has 1 rings (SSSR count). The normalized spacial score (nSPS) is 11.7. The second kappa shape index (κ2) is 7.16. The molecule has 0 saturated carbocycles. The summed E-state index contributed by atoms with van der Waals surface area (Å²) < 4.78 is 0.712. The van der Waals surface area contributed by atoms with Crippen LogP contribution in [0.2, 0.25) is 0 Å². The number of amides is 2. The third kappa shape index (κ3) is 4.14. The molecule has 18 heavy (non-hydrogen) atoms. The van der Waals surface area contributed by atoms with Gasteiger partial charge in [0, 0.05) is 11.0 Å². The third-order valence-corrected chi connectivity index (χ3v) is 3.10. The van der Waals surface area contributed by atoms with Gasteiger partial charge in [-0.1, -0.05) is 19.1 Å². The summed E-state index contributed by atoms with van der Waals surface area (Å²) in [5.74, 6) is -0.432. The molecule has 98 valence electrons. The summed E-state index contributed by atoms with van der Waals surface area (Å²) in [6, 6.07) is 6.56. The van der Waals surface area contributed by atoms with Gasteiger partial charge in [-0.3, -0.25) is 9.59 Å². The van der Waals surface area contributed by atoms with E-state index < -0.39 is 6.04 Å². The molecule has 1 atom stereocenters. The Balaban J connectivity index is 2.60. The van der Waals surface area contributed by atoms with Crippen LogP contribution in [0.5, 0.6) is 0 Å². The Bertz CT molecular complexity index is 435. The SMILES string of the molecule is CCCNC(=O)[C@H](C)NC(=O)c1ccccc1Br. The highest BCUT2D eigenvalue weighted by atomic mass is 79.9. The van der Waals surface area contributed by atoms with Crippen molar-refractivity contribution in [1.82, 2.24) is 10.6 Å². The fourth-order valence-electron chi connectivity index (χ4n) is 1.39. The molecule has 2 N–H and O–H groups in total. The van der Waals surface area contributed by atoms with E-state index in [1.165, 1.54) is 0 Å². The smallest absolute Gasteiger partial charge is 0.253 e. The molecule has 1 aromatic carbocycles. The lowest BCUT2D eigenvalue weighted by Gasteiger charge is -2.14. The molecule has 0 radical (unpaired) electrons. The first-order valence-electron chi connectivity index (χ1n) is 5.89. The van der Waals surface area contributed by atoms with Gasteiger partial charge in [-0.15, -0.1) is 0 Å². The molecule has 0 unspecified atom stereocenters. The van der Waals surface area contributed by atoms with Gasteiger partial charge < -0.3 is 10.6 Å². The molecule has 0 aliphatic rings. The van der Waals surface area contributed by atoms with Gasteiger partial charge in [0.1, 0.15) is 6.04 Å². The number of hydrogen-bond acceptors (Lipinski definition) is 2. The third-order valence-electron chi connectivity index (χ3n) is 2.41. The van der Waals surface area contributed by atoms with Gasteiger partial charge in [0.2, 0.25) is 5.91 Å². The van der Waals surface area contributed by atoms with Crippen LogP contribution in [0.15, 0.2) is 28.7 Å². The number of halogens is 1. The van der Waals surface area contributed by atoms with E-state index >= 15 is 0 Å². The lowest BCUT2D eigenvalue weighted by atomic mass is 10.2. The van der Waals surface area contributed by atoms with Crippen molar-refractivity contribution in [2.45, 2.75) is 26.3 Å². The Kier molecular flexibility index (Phi) is 5.85. The van der Waals surface area contributed by atoms with Crippen molar-refractivity contribution >= 4 is 27.7 Å². The number of carbonyl (C=O) groups is 2. The van der Waals surface area contributed by atoms with Gasteiger partial charge in [-0.25, -0.2) is 0 Å². The van der Waals surface area contributed by atoms with Crippen LogP contribution in [0, 0.1) is 0 Å². The van der Waals surface area contributed by atoms with Crippen molar-refractivity contribution < 1.29 is 9.59 Å². The molecule has 0 bridgehead atoms. The zero-order valence-electron chi connectivity index (χ0n) is 10.5. The molecule has 1 aromatic rings. The van der Waals surface area contributed by atoms with Gasteiger partial charge in [-0.05, 0) is 41.4 Å². The highest BCUT2D eigenvalue weighted by Gasteiger charge is 2.17. The van der Waals surface area contributed by atoms with E-state index in [1.807, 2.05) is 13.0 Å². The van der Waals surface area contributed by atoms with Gasteiger partial charge in [0.15, 0.2) is 0 Å². The van der Waals surface area contributed by atoms with E-state index in [-0.39, 0.29) is 11.8 Å². The number of hydrogen-bond donors (Lipinski definition) is 2. The van der Waals surface area contributed by atoms with Crippen LogP contribution in [0.25, 0.3) is 0 Å². The molecule has 0 saturated heterocycles. The van der Waals surface area contributed by atoms with Gasteiger partial charge in [0.25, 0.3) is 5.91 Å². The lowest BCUT2D eigenvalue weighted by molar-refractivity contribution is -0.122. The first kappa shape index (κ1) is 14.7. The minimum Gasteiger partial charge on any atom is -0.354 e. The molecule has 4 nitrogen and oxygen atoms in total. The first-order valence-corrected chi connectivity index (χ1v) is 6.68. The van der Waals surface area contributed by atoms with E-state index in [0.717, 1.165) is 6.42 Å². The second-order valence-electron chi connectivity index (χ2n) is 3.97. The first-order chi connectivity index (χ1) is 8.56. The zero-order valence-corrected chi connectivity index (χ0v) is 12.1. The van der Waals surface area contributed by atoms with E-state index in [9.17, 15) is 9.59 Å². The van der Waals surface area contributed by atoms with Crippen molar-refractivity contribution in [2.75, 3.05) is 6.54 Å². The van der Waals surface area contributed by atoms with Crippen molar-refractivity contribution in [2.24, 2.45) is 0 Å². The van der Waals surface area contributed by atoms with Crippen LogP contribution in [0.1, 0.15) is 30.6 Å². The summed E-state index contributed by atoms with van der Waals surface area (Å²) in [5, 5.41) is 5.40. The molecule has 0 aliphatic carbocycles. The molecule has 5 heteroatoms. The van der Waals surface area contributed by atoms with E-state index in [4.69, 9.17) is 0 Å². The lowest BCUT2D eigenvalue weighted by Crippen LogP contribution is -2.45. The van der Waals surface area contributed by atoms with Crippen LogP contribution in [-0.4, -0.2) is 24.4 Å². The van der Waals surface area contributed by atoms with Crippen LogP contribution in [0.3, 0.4) is 0 Å². The van der Waals surface area contributed by atoms with Crippen molar-refractivity contribution in [3.8, 4) is 0 Å². The molecule has 0 spiro atoms. The standard InChI is InChI=1S/C13H17BrN2O2/c1-3-8-15-12(17)9(2)16-13(18)10-6-4-5-7-11(10)14/h4-7,9H,3,8H2,1-2H3,(H,15,17)(H,16,18)/t9-/m0/s1. The second-order valence-corrected chi connectivity index (χ2v) is 4.82. The maximum atomic E-state index is 11.9. The van der Waals surface area contributed by atoms with Crippen LogP contribution < -0.4 is 10.6 Å². The van der Waals surface area contributed by atoms with Crippen LogP contribution in [0.4, 0.5) is 0 Å². The Morgan fingerprint density at radius 3 is 2.61 bits per heavy atom. The number of rotatable bonds is 5. The summed E-state index contributed by atoms with van der Waals surface area (Å²) >= 11 is 3.30. The van der Waals surface area contributed by atoms with E-state index in [2.05, 4.69) is 26.6 Å². The highest BCUT2D eigenvalue weighted by Crippen LogP contribution is 2.15. The van der Waals surface area contributed by atoms with Gasteiger partial charge >= 0.3 is 0 Å². The maximum Gasteiger partial charge on any atom is 0.253 e. The van der Waals surface area contributed by atoms with Crippen molar-refractivity contribution in [3.63, 3.8) is 0 Å². The number of carbonyl (C=O) groups excluding carboxylic acids is 2. The van der Waals surface area contributed by atoms with Crippen molar-refractivity contribution in [3.05, 3.63) is 34.3 Å². The average molecular weight is 313 g/mol. The Labute approximate surface area is 115 Å². The highest BCUT2D eigenvalue weighted by molar-refractivity contribution is 9.10. The average Bonchev–Trinajstić information content (AvgIpc) is 2.36. The molecule has 0 aromatic heterocycles. The molecule has 0 aliphatic heterocycles. The van der Waals surface area contributed by atoms with Crippen LogP contribution >= 0.6 is 15.9 Å². The fourth-order valence-corrected chi connectivity index (χ4v) is 1.85. The molecule has 2 amide bonds. The number of nitrogens with one attached hydrogen (secondary N) is 2. The predicted octanol–water partition coefficient (Wildman–Crippen LogP) is 2.09. The summed E-state index contributed by atoms with van der Waals surface area (Å²) in [6.07, 6.45) is 0.872. The quantitative estimate of drug-likeness (QED) is 0.874. The maximum absolute atomic E-state index is 11.9. The molecule has 0 heterocycles. The summed E-state index contributed by atoms with van der Waals surface area (Å²) in [7, 11) is 0. The van der Waals surface area contributed by atoms with Gasteiger partial charge in [-0.2, -0.15) is 0 Å². The Morgan fingerprint density at radius 1 is 1.33 bits per heavy atom.